The molecule has 2 aliphatic heterocycles. The predicted molar refractivity (Wildman–Crippen MR) is 224 cm³/mol. The van der Waals surface area contributed by atoms with Crippen LogP contribution in [-0.2, 0) is 35.6 Å². The lowest BCUT2D eigenvalue weighted by Gasteiger charge is -2.37. The van der Waals surface area contributed by atoms with E-state index in [2.05, 4.69) is 15.3 Å². The zero-order valence-corrected chi connectivity index (χ0v) is 34.4. The first-order chi connectivity index (χ1) is 28.9. The van der Waals surface area contributed by atoms with Crippen molar-refractivity contribution >= 4 is 41.0 Å². The van der Waals surface area contributed by atoms with Gasteiger partial charge >= 0.3 is 5.97 Å². The Hall–Kier alpha value is -6.37. The summed E-state index contributed by atoms with van der Waals surface area (Å²) >= 11 is 12.2. The number of nitrogens with one attached hydrogen (secondary N) is 1. The van der Waals surface area contributed by atoms with Crippen molar-refractivity contribution in [2.75, 3.05) is 6.61 Å². The summed E-state index contributed by atoms with van der Waals surface area (Å²) < 4.78 is 23.9. The summed E-state index contributed by atoms with van der Waals surface area (Å²) in [5.74, 6) is -0.396. The highest BCUT2D eigenvalue weighted by Crippen LogP contribution is 2.41. The monoisotopic (exact) mass is 846 g/mol. The molecule has 4 aromatic carbocycles. The number of oxazole rings is 1. The van der Waals surface area contributed by atoms with E-state index >= 15 is 0 Å². The number of rotatable bonds is 11. The molecule has 2 amide bonds. The van der Waals surface area contributed by atoms with Crippen LogP contribution in [0.25, 0.3) is 11.1 Å². The number of fused-ring (bicyclic) bond motifs is 2. The number of carbonyl (C=O) groups is 3. The molecule has 0 spiro atoms. The number of aryl methyl sites for hydroxylation is 2. The standard InChI is InChI=1S/C46H40Cl2N4O8/c1-25-26(2)49-15-14-35(25)30-7-4-28(5-8-30)17-38(46(55)56)51-44(53)40-18-32-19-41-42(20-33(32)21-52(40)45(54)39-23-57-27(3)50-39)60-43(24-59-41)31-9-11-34(12-10-31)58-22-29-6-13-36(47)37(48)16-29/h4-16,19-20,23,38,40,43H,17-18,21-22,24H2,1-3H3,(H,51,53)(H,55,56)/t38-,40-,43+/m0/s1. The molecule has 6 aromatic rings. The number of aliphatic carboxylic acids is 1. The van der Waals surface area contributed by atoms with Crippen molar-refractivity contribution in [3.63, 3.8) is 0 Å². The number of carboxylic acid groups (broad SMARTS) is 1. The second-order valence-electron chi connectivity index (χ2n) is 14.9. The Bertz CT molecular complexity index is 2600. The van der Waals surface area contributed by atoms with E-state index < -0.39 is 36.0 Å². The van der Waals surface area contributed by atoms with E-state index in [1.165, 1.54) is 11.2 Å². The van der Waals surface area contributed by atoms with Gasteiger partial charge in [0.2, 0.25) is 5.91 Å². The van der Waals surface area contributed by atoms with Gasteiger partial charge in [0.05, 0.1) is 10.0 Å². The first kappa shape index (κ1) is 40.4. The number of nitrogens with zero attached hydrogens (tertiary/aromatic N) is 3. The molecule has 0 radical (unpaired) electrons. The minimum absolute atomic E-state index is 0.0252. The third kappa shape index (κ3) is 8.66. The Morgan fingerprint density at radius 3 is 2.38 bits per heavy atom. The number of pyridine rings is 1. The number of halogens is 2. The Kier molecular flexibility index (Phi) is 11.5. The fourth-order valence-electron chi connectivity index (χ4n) is 7.42. The molecule has 4 heterocycles. The molecule has 0 bridgehead atoms. The van der Waals surface area contributed by atoms with Crippen molar-refractivity contribution in [1.82, 2.24) is 20.2 Å². The SMILES string of the molecule is Cc1nc(C(=O)N2Cc3cc4c(cc3C[C@H]2C(=O)N[C@@H](Cc2ccc(-c3ccnc(C)c3C)cc2)C(=O)O)OC[C@H](c2ccc(OCc3ccc(Cl)c(Cl)c3)cc2)O4)co1. The van der Waals surface area contributed by atoms with Crippen LogP contribution in [0.3, 0.4) is 0 Å². The first-order valence-corrected chi connectivity index (χ1v) is 20.1. The maximum Gasteiger partial charge on any atom is 0.326 e. The van der Waals surface area contributed by atoms with Crippen LogP contribution >= 0.6 is 23.2 Å². The third-order valence-electron chi connectivity index (χ3n) is 10.9. The molecule has 306 valence electrons. The second kappa shape index (κ2) is 17.1. The fraction of sp³-hybridized carbons (Fsp3) is 0.239. The summed E-state index contributed by atoms with van der Waals surface area (Å²) in [5.41, 5.74) is 8.03. The summed E-state index contributed by atoms with van der Waals surface area (Å²) in [4.78, 5) is 50.6. The second-order valence-corrected chi connectivity index (χ2v) is 15.7. The van der Waals surface area contributed by atoms with Crippen molar-refractivity contribution in [3.8, 4) is 28.4 Å². The van der Waals surface area contributed by atoms with Crippen LogP contribution in [0.15, 0.2) is 102 Å². The van der Waals surface area contributed by atoms with E-state index in [4.69, 9.17) is 41.8 Å². The van der Waals surface area contributed by atoms with E-state index in [-0.39, 0.29) is 31.7 Å². The summed E-state index contributed by atoms with van der Waals surface area (Å²) in [7, 11) is 0. The van der Waals surface area contributed by atoms with Crippen LogP contribution in [0.2, 0.25) is 10.0 Å². The van der Waals surface area contributed by atoms with Gasteiger partial charge in [0, 0.05) is 38.2 Å². The number of hydrogen-bond acceptors (Lipinski definition) is 9. The van der Waals surface area contributed by atoms with E-state index in [1.54, 1.807) is 25.3 Å². The van der Waals surface area contributed by atoms with Crippen molar-refractivity contribution in [3.05, 3.63) is 158 Å². The summed E-state index contributed by atoms with van der Waals surface area (Å²) in [6.45, 7) is 6.16. The Balaban J connectivity index is 0.980. The molecule has 2 N–H and O–H groups in total. The normalized spacial score (nSPS) is 16.1. The summed E-state index contributed by atoms with van der Waals surface area (Å²) in [6, 6.07) is 23.7. The molecule has 0 aliphatic carbocycles. The average Bonchev–Trinajstić information content (AvgIpc) is 3.69. The van der Waals surface area contributed by atoms with Gasteiger partial charge in [-0.2, -0.15) is 0 Å². The smallest absolute Gasteiger partial charge is 0.326 e. The molecule has 2 aliphatic rings. The highest BCUT2D eigenvalue weighted by Gasteiger charge is 2.39. The Labute approximate surface area is 356 Å². The minimum atomic E-state index is -1.26. The van der Waals surface area contributed by atoms with E-state index in [0.717, 1.165) is 50.2 Å². The highest BCUT2D eigenvalue weighted by atomic mass is 35.5. The number of aromatic nitrogens is 2. The van der Waals surface area contributed by atoms with E-state index in [1.807, 2.05) is 86.6 Å². The molecule has 3 atom stereocenters. The lowest BCUT2D eigenvalue weighted by Crippen LogP contribution is -2.56. The molecule has 0 unspecified atom stereocenters. The van der Waals surface area contributed by atoms with Crippen LogP contribution in [0, 0.1) is 20.8 Å². The number of carbonyl (C=O) groups excluding carboxylic acids is 2. The number of amides is 2. The van der Waals surface area contributed by atoms with E-state index in [9.17, 15) is 19.5 Å². The van der Waals surface area contributed by atoms with Crippen molar-refractivity contribution in [2.45, 2.75) is 65.0 Å². The highest BCUT2D eigenvalue weighted by molar-refractivity contribution is 6.42. The molecular formula is C46H40Cl2N4O8. The van der Waals surface area contributed by atoms with Crippen LogP contribution in [0.5, 0.6) is 17.2 Å². The molecule has 60 heavy (non-hydrogen) atoms. The van der Waals surface area contributed by atoms with Crippen LogP contribution in [0.4, 0.5) is 0 Å². The topological polar surface area (TPSA) is 153 Å². The lowest BCUT2D eigenvalue weighted by atomic mass is 9.91. The van der Waals surface area contributed by atoms with Crippen molar-refractivity contribution < 1.29 is 38.1 Å². The largest absolute Gasteiger partial charge is 0.489 e. The van der Waals surface area contributed by atoms with Gasteiger partial charge in [0.1, 0.15) is 37.3 Å². The zero-order chi connectivity index (χ0) is 42.1. The van der Waals surface area contributed by atoms with Gasteiger partial charge in [-0.3, -0.25) is 14.6 Å². The van der Waals surface area contributed by atoms with Crippen molar-refractivity contribution in [2.24, 2.45) is 0 Å². The number of ether oxygens (including phenoxy) is 3. The van der Waals surface area contributed by atoms with Gasteiger partial charge in [-0.15, -0.1) is 0 Å². The maximum atomic E-state index is 14.1. The van der Waals surface area contributed by atoms with Gasteiger partial charge in [-0.1, -0.05) is 65.7 Å². The van der Waals surface area contributed by atoms with Crippen molar-refractivity contribution in [1.29, 1.82) is 0 Å². The van der Waals surface area contributed by atoms with E-state index in [0.29, 0.717) is 39.8 Å². The lowest BCUT2D eigenvalue weighted by molar-refractivity contribution is -0.142. The van der Waals surface area contributed by atoms with Crippen LogP contribution < -0.4 is 19.5 Å². The average molecular weight is 848 g/mol. The molecule has 2 aromatic heterocycles. The molecular weight excluding hydrogens is 807 g/mol. The third-order valence-corrected chi connectivity index (χ3v) is 11.6. The number of carboxylic acids is 1. The summed E-state index contributed by atoms with van der Waals surface area (Å²) in [5, 5.41) is 13.9. The molecule has 8 rings (SSSR count). The number of benzene rings is 4. The van der Waals surface area contributed by atoms with Crippen LogP contribution in [-0.4, -0.2) is 56.4 Å². The molecule has 0 fully saturated rings. The van der Waals surface area contributed by atoms with Gasteiger partial charge < -0.3 is 34.0 Å². The quantitative estimate of drug-likeness (QED) is 0.130. The van der Waals surface area contributed by atoms with Gasteiger partial charge in [0.25, 0.3) is 5.91 Å². The fourth-order valence-corrected chi connectivity index (χ4v) is 7.74. The predicted octanol–water partition coefficient (Wildman–Crippen LogP) is 8.44. The maximum absolute atomic E-state index is 14.1. The number of hydrogen-bond donors (Lipinski definition) is 2. The minimum Gasteiger partial charge on any atom is -0.489 e. The molecule has 0 saturated heterocycles. The molecule has 0 saturated carbocycles. The van der Waals surface area contributed by atoms with Crippen LogP contribution in [0.1, 0.15) is 61.6 Å². The molecule has 12 nitrogen and oxygen atoms in total. The first-order valence-electron chi connectivity index (χ1n) is 19.3. The van der Waals surface area contributed by atoms with Gasteiger partial charge in [-0.25, -0.2) is 9.78 Å². The van der Waals surface area contributed by atoms with Gasteiger partial charge in [0.15, 0.2) is 29.2 Å². The zero-order valence-electron chi connectivity index (χ0n) is 32.9. The molecule has 14 heteroatoms. The van der Waals surface area contributed by atoms with Gasteiger partial charge in [-0.05, 0) is 101 Å². The Morgan fingerprint density at radius 2 is 1.67 bits per heavy atom. The summed E-state index contributed by atoms with van der Waals surface area (Å²) in [6.07, 6.45) is 2.71. The Morgan fingerprint density at radius 1 is 0.917 bits per heavy atom.